The molecule has 0 fully saturated rings. The van der Waals surface area contributed by atoms with Crippen molar-refractivity contribution in [2.24, 2.45) is 0 Å². The summed E-state index contributed by atoms with van der Waals surface area (Å²) in [6.45, 7) is 5.34. The van der Waals surface area contributed by atoms with Crippen LogP contribution in [0.4, 0.5) is 0 Å². The first-order valence-corrected chi connectivity index (χ1v) is 5.61. The maximum atomic E-state index is 5.50. The zero-order valence-electron chi connectivity index (χ0n) is 7.31. The predicted molar refractivity (Wildman–Crippen MR) is 48.1 cm³/mol. The molecule has 62 valence electrons. The molecule has 0 heterocycles. The molecular formula is C7H19NOSi. The lowest BCUT2D eigenvalue weighted by atomic mass is 10.5. The van der Waals surface area contributed by atoms with E-state index in [4.69, 9.17) is 4.43 Å². The van der Waals surface area contributed by atoms with E-state index < -0.39 is 0 Å². The van der Waals surface area contributed by atoms with Gasteiger partial charge in [0.1, 0.15) is 0 Å². The van der Waals surface area contributed by atoms with Crippen LogP contribution in [-0.2, 0) is 4.43 Å². The number of hydrogen-bond donors (Lipinski definition) is 1. The van der Waals surface area contributed by atoms with Gasteiger partial charge in [-0.05, 0) is 39.9 Å². The van der Waals surface area contributed by atoms with E-state index in [1.54, 1.807) is 0 Å². The highest BCUT2D eigenvalue weighted by Crippen LogP contribution is 1.91. The normalized spacial score (nSPS) is 12.0. The minimum absolute atomic E-state index is 0.196. The lowest BCUT2D eigenvalue weighted by Gasteiger charge is -2.05. The molecular weight excluding hydrogens is 142 g/mol. The highest BCUT2D eigenvalue weighted by atomic mass is 28.2. The first kappa shape index (κ1) is 10.1. The minimum Gasteiger partial charge on any atom is -0.422 e. The lowest BCUT2D eigenvalue weighted by Crippen LogP contribution is -2.11. The van der Waals surface area contributed by atoms with E-state index in [-0.39, 0.29) is 9.76 Å². The summed E-state index contributed by atoms with van der Waals surface area (Å²) >= 11 is 0. The van der Waals surface area contributed by atoms with Crippen LogP contribution in [0.2, 0.25) is 6.04 Å². The van der Waals surface area contributed by atoms with E-state index in [1.165, 1.54) is 12.5 Å². The van der Waals surface area contributed by atoms with E-state index in [9.17, 15) is 0 Å². The Morgan fingerprint density at radius 2 is 2.20 bits per heavy atom. The molecule has 0 saturated heterocycles. The van der Waals surface area contributed by atoms with Crippen LogP contribution >= 0.6 is 0 Å². The molecule has 0 aromatic rings. The van der Waals surface area contributed by atoms with E-state index in [0.29, 0.717) is 6.10 Å². The summed E-state index contributed by atoms with van der Waals surface area (Å²) in [4.78, 5) is 0. The molecule has 2 nitrogen and oxygen atoms in total. The monoisotopic (exact) mass is 161 g/mol. The van der Waals surface area contributed by atoms with Gasteiger partial charge in [0.2, 0.25) is 0 Å². The smallest absolute Gasteiger partial charge is 0.161 e. The maximum absolute atomic E-state index is 5.50. The summed E-state index contributed by atoms with van der Waals surface area (Å²) < 4.78 is 5.50. The van der Waals surface area contributed by atoms with Crippen molar-refractivity contribution in [1.82, 2.24) is 5.32 Å². The van der Waals surface area contributed by atoms with E-state index >= 15 is 0 Å². The second-order valence-electron chi connectivity index (χ2n) is 2.73. The summed E-state index contributed by atoms with van der Waals surface area (Å²) in [6, 6.07) is 1.30. The number of hydrogen-bond acceptors (Lipinski definition) is 2. The van der Waals surface area contributed by atoms with Crippen molar-refractivity contribution in [3.8, 4) is 0 Å². The van der Waals surface area contributed by atoms with Crippen LogP contribution in [0, 0.1) is 0 Å². The van der Waals surface area contributed by atoms with Crippen molar-refractivity contribution in [2.45, 2.75) is 32.4 Å². The number of nitrogens with one attached hydrogen (secondary N) is 1. The summed E-state index contributed by atoms with van der Waals surface area (Å²) in [6.07, 6.45) is 1.72. The Balaban J connectivity index is 2.77. The third-order valence-electron chi connectivity index (χ3n) is 1.27. The van der Waals surface area contributed by atoms with Crippen LogP contribution in [-0.4, -0.2) is 29.5 Å². The minimum atomic E-state index is -0.196. The first-order valence-electron chi connectivity index (χ1n) is 4.03. The van der Waals surface area contributed by atoms with Gasteiger partial charge in [-0.1, -0.05) is 0 Å². The molecule has 3 heteroatoms. The Hall–Kier alpha value is 0.137. The van der Waals surface area contributed by atoms with Gasteiger partial charge in [-0.3, -0.25) is 0 Å². The fourth-order valence-electron chi connectivity index (χ4n) is 0.723. The highest BCUT2D eigenvalue weighted by molar-refractivity contribution is 6.27. The predicted octanol–water partition coefficient (Wildman–Crippen LogP) is 0.523. The van der Waals surface area contributed by atoms with Crippen LogP contribution in [0.1, 0.15) is 20.3 Å². The van der Waals surface area contributed by atoms with Gasteiger partial charge in [0.25, 0.3) is 0 Å². The van der Waals surface area contributed by atoms with Crippen molar-refractivity contribution in [3.63, 3.8) is 0 Å². The number of rotatable bonds is 6. The van der Waals surface area contributed by atoms with Gasteiger partial charge in [0, 0.05) is 6.10 Å². The van der Waals surface area contributed by atoms with Crippen molar-refractivity contribution < 1.29 is 4.43 Å². The second kappa shape index (κ2) is 7.25. The SMILES string of the molecule is CNCCC[SiH2]OC(C)C. The molecule has 1 N–H and O–H groups in total. The van der Waals surface area contributed by atoms with Gasteiger partial charge < -0.3 is 9.74 Å². The zero-order valence-corrected chi connectivity index (χ0v) is 8.73. The summed E-state index contributed by atoms with van der Waals surface area (Å²) in [5, 5.41) is 3.12. The summed E-state index contributed by atoms with van der Waals surface area (Å²) in [7, 11) is 1.79. The average molecular weight is 161 g/mol. The van der Waals surface area contributed by atoms with Gasteiger partial charge in [0.05, 0.1) is 0 Å². The molecule has 0 aliphatic carbocycles. The van der Waals surface area contributed by atoms with Gasteiger partial charge in [-0.15, -0.1) is 0 Å². The van der Waals surface area contributed by atoms with Gasteiger partial charge >= 0.3 is 0 Å². The molecule has 0 saturated carbocycles. The maximum Gasteiger partial charge on any atom is 0.161 e. The van der Waals surface area contributed by atoms with Crippen LogP contribution in [0.3, 0.4) is 0 Å². The van der Waals surface area contributed by atoms with Gasteiger partial charge in [0.15, 0.2) is 9.76 Å². The first-order chi connectivity index (χ1) is 4.77. The third kappa shape index (κ3) is 8.14. The van der Waals surface area contributed by atoms with Crippen molar-refractivity contribution >= 4 is 9.76 Å². The molecule has 0 unspecified atom stereocenters. The summed E-state index contributed by atoms with van der Waals surface area (Å²) in [5.41, 5.74) is 0. The third-order valence-corrected chi connectivity index (χ3v) is 2.96. The molecule has 0 aromatic heterocycles. The molecule has 10 heavy (non-hydrogen) atoms. The Morgan fingerprint density at radius 1 is 1.50 bits per heavy atom. The molecule has 0 radical (unpaired) electrons. The molecule has 0 amide bonds. The molecule has 0 atom stereocenters. The van der Waals surface area contributed by atoms with Crippen LogP contribution in [0.5, 0.6) is 0 Å². The Bertz CT molecular complexity index is 68.6. The fourth-order valence-corrected chi connectivity index (χ4v) is 1.82. The standard InChI is InChI=1S/C7H19NOSi/c1-7(2)9-10-6-4-5-8-3/h7-8H,4-6,10H2,1-3H3. The lowest BCUT2D eigenvalue weighted by molar-refractivity contribution is 0.255. The molecule has 0 aliphatic heterocycles. The van der Waals surface area contributed by atoms with Crippen molar-refractivity contribution in [2.75, 3.05) is 13.6 Å². The molecule has 0 aromatic carbocycles. The Kier molecular flexibility index (Phi) is 7.35. The Labute approximate surface area is 66.3 Å². The highest BCUT2D eigenvalue weighted by Gasteiger charge is 1.92. The van der Waals surface area contributed by atoms with E-state index in [2.05, 4.69) is 19.2 Å². The topological polar surface area (TPSA) is 21.3 Å². The molecule has 0 bridgehead atoms. The van der Waals surface area contributed by atoms with Crippen LogP contribution in [0.15, 0.2) is 0 Å². The summed E-state index contributed by atoms with van der Waals surface area (Å²) in [5.74, 6) is 0. The fraction of sp³-hybridized carbons (Fsp3) is 1.00. The zero-order chi connectivity index (χ0) is 7.82. The molecule has 0 spiro atoms. The second-order valence-corrected chi connectivity index (χ2v) is 4.18. The van der Waals surface area contributed by atoms with Gasteiger partial charge in [-0.2, -0.15) is 0 Å². The van der Waals surface area contributed by atoms with Crippen LogP contribution in [0.25, 0.3) is 0 Å². The van der Waals surface area contributed by atoms with Crippen molar-refractivity contribution in [1.29, 1.82) is 0 Å². The van der Waals surface area contributed by atoms with Crippen molar-refractivity contribution in [3.05, 3.63) is 0 Å². The average Bonchev–Trinajstić information content (AvgIpc) is 1.87. The van der Waals surface area contributed by atoms with E-state index in [0.717, 1.165) is 6.54 Å². The quantitative estimate of drug-likeness (QED) is 0.453. The molecule has 0 rings (SSSR count). The largest absolute Gasteiger partial charge is 0.422 e. The molecule has 0 aliphatic rings. The van der Waals surface area contributed by atoms with E-state index in [1.807, 2.05) is 7.05 Å². The van der Waals surface area contributed by atoms with Crippen LogP contribution < -0.4 is 5.32 Å². The van der Waals surface area contributed by atoms with Gasteiger partial charge in [-0.25, -0.2) is 0 Å². The Morgan fingerprint density at radius 3 is 2.70 bits per heavy atom.